The molecule has 0 unspecified atom stereocenters. The summed E-state index contributed by atoms with van der Waals surface area (Å²) in [6, 6.07) is 16.6. The van der Waals surface area contributed by atoms with E-state index in [0.29, 0.717) is 32.1 Å². The minimum absolute atomic E-state index is 0.128. The van der Waals surface area contributed by atoms with E-state index in [2.05, 4.69) is 37.6 Å². The smallest absolute Gasteiger partial charge is 0.387 e. The Bertz CT molecular complexity index is 944. The van der Waals surface area contributed by atoms with Gasteiger partial charge >= 0.3 is 6.61 Å². The van der Waals surface area contributed by atoms with Crippen molar-refractivity contribution >= 4 is 5.96 Å². The minimum Gasteiger partial charge on any atom is -0.435 e. The molecule has 0 aliphatic carbocycles. The lowest BCUT2D eigenvalue weighted by atomic mass is 10.1. The fraction of sp³-hybridized carbons (Fsp3) is 0.273. The number of halogens is 2. The topological polar surface area (TPSA) is 63.5 Å². The van der Waals surface area contributed by atoms with Gasteiger partial charge in [0, 0.05) is 25.5 Å². The highest BCUT2D eigenvalue weighted by Gasteiger charge is 2.06. The van der Waals surface area contributed by atoms with Crippen molar-refractivity contribution in [2.75, 3.05) is 6.54 Å². The second-order valence-electron chi connectivity index (χ2n) is 6.55. The molecule has 3 rings (SSSR count). The molecule has 2 aromatic carbocycles. The number of benzene rings is 2. The molecule has 30 heavy (non-hydrogen) atoms. The van der Waals surface area contributed by atoms with Gasteiger partial charge in [-0.25, -0.2) is 4.99 Å². The first-order valence-corrected chi connectivity index (χ1v) is 9.74. The predicted octanol–water partition coefficient (Wildman–Crippen LogP) is 3.79. The average Bonchev–Trinajstić information content (AvgIpc) is 3.24. The maximum Gasteiger partial charge on any atom is 0.387 e. The zero-order valence-corrected chi connectivity index (χ0v) is 16.8. The molecule has 1 aromatic heterocycles. The van der Waals surface area contributed by atoms with E-state index in [-0.39, 0.29) is 5.75 Å². The average molecular weight is 413 g/mol. The summed E-state index contributed by atoms with van der Waals surface area (Å²) in [7, 11) is 0. The van der Waals surface area contributed by atoms with Crippen LogP contribution in [0.25, 0.3) is 0 Å². The Hall–Kier alpha value is -3.42. The van der Waals surface area contributed by atoms with Crippen LogP contribution in [0.5, 0.6) is 5.75 Å². The van der Waals surface area contributed by atoms with E-state index in [9.17, 15) is 8.78 Å². The fourth-order valence-electron chi connectivity index (χ4n) is 2.96. The monoisotopic (exact) mass is 413 g/mol. The van der Waals surface area contributed by atoms with Gasteiger partial charge in [-0.05, 0) is 41.8 Å². The second-order valence-corrected chi connectivity index (χ2v) is 6.55. The molecular weight excluding hydrogens is 388 g/mol. The molecule has 0 aliphatic heterocycles. The lowest BCUT2D eigenvalue weighted by molar-refractivity contribution is -0.0498. The van der Waals surface area contributed by atoms with Crippen LogP contribution in [0.15, 0.2) is 72.0 Å². The zero-order chi connectivity index (χ0) is 21.2. The molecule has 0 atom stereocenters. The van der Waals surface area contributed by atoms with Gasteiger partial charge in [0.2, 0.25) is 0 Å². The van der Waals surface area contributed by atoms with Crippen LogP contribution in [-0.2, 0) is 19.6 Å². The number of ether oxygens (including phenoxy) is 1. The third-order valence-electron chi connectivity index (χ3n) is 4.34. The van der Waals surface area contributed by atoms with Gasteiger partial charge in [-0.1, -0.05) is 36.4 Å². The number of rotatable bonds is 9. The predicted molar refractivity (Wildman–Crippen MR) is 113 cm³/mol. The molecule has 0 bridgehead atoms. The van der Waals surface area contributed by atoms with Gasteiger partial charge < -0.3 is 15.4 Å². The molecule has 0 spiro atoms. The molecular formula is C22H25F2N5O. The van der Waals surface area contributed by atoms with Crippen molar-refractivity contribution in [2.24, 2.45) is 4.99 Å². The van der Waals surface area contributed by atoms with Crippen molar-refractivity contribution in [3.8, 4) is 5.75 Å². The van der Waals surface area contributed by atoms with Gasteiger partial charge in [-0.15, -0.1) is 0 Å². The lowest BCUT2D eigenvalue weighted by Gasteiger charge is -2.14. The van der Waals surface area contributed by atoms with Gasteiger partial charge in [-0.3, -0.25) is 4.68 Å². The molecule has 0 radical (unpaired) electrons. The van der Waals surface area contributed by atoms with Crippen molar-refractivity contribution in [2.45, 2.75) is 33.2 Å². The first kappa shape index (κ1) is 21.3. The summed E-state index contributed by atoms with van der Waals surface area (Å²) in [6.45, 7) is 1.47. The SMILES string of the molecule is CCNC(=NCc1cccc(OC(F)F)c1)NCc1ccccc1Cn1cccn1. The van der Waals surface area contributed by atoms with Crippen LogP contribution in [0.1, 0.15) is 23.6 Å². The van der Waals surface area contributed by atoms with Gasteiger partial charge in [0.05, 0.1) is 13.1 Å². The number of nitrogens with zero attached hydrogens (tertiary/aromatic N) is 3. The molecule has 158 valence electrons. The molecule has 0 saturated carbocycles. The second kappa shape index (κ2) is 10.9. The Morgan fingerprint density at radius 2 is 1.93 bits per heavy atom. The number of guanidine groups is 1. The summed E-state index contributed by atoms with van der Waals surface area (Å²) in [4.78, 5) is 4.56. The molecule has 8 heteroatoms. The molecule has 0 aliphatic rings. The van der Waals surface area contributed by atoms with Crippen molar-refractivity contribution in [3.63, 3.8) is 0 Å². The first-order valence-electron chi connectivity index (χ1n) is 9.74. The normalized spacial score (nSPS) is 11.5. The van der Waals surface area contributed by atoms with Gasteiger partial charge in [0.25, 0.3) is 0 Å². The summed E-state index contributed by atoms with van der Waals surface area (Å²) in [6.07, 6.45) is 3.69. The van der Waals surface area contributed by atoms with Crippen LogP contribution < -0.4 is 15.4 Å². The Kier molecular flexibility index (Phi) is 7.77. The van der Waals surface area contributed by atoms with E-state index in [4.69, 9.17) is 0 Å². The van der Waals surface area contributed by atoms with E-state index in [1.54, 1.807) is 18.3 Å². The van der Waals surface area contributed by atoms with E-state index in [1.165, 1.54) is 11.6 Å². The highest BCUT2D eigenvalue weighted by molar-refractivity contribution is 5.79. The molecule has 0 saturated heterocycles. The molecule has 6 nitrogen and oxygen atoms in total. The van der Waals surface area contributed by atoms with Crippen LogP contribution in [0.2, 0.25) is 0 Å². The minimum atomic E-state index is -2.84. The molecule has 0 amide bonds. The highest BCUT2D eigenvalue weighted by atomic mass is 19.3. The lowest BCUT2D eigenvalue weighted by Crippen LogP contribution is -2.37. The number of hydrogen-bond donors (Lipinski definition) is 2. The van der Waals surface area contributed by atoms with E-state index in [0.717, 1.165) is 11.1 Å². The summed E-state index contributed by atoms with van der Waals surface area (Å²) >= 11 is 0. The number of hydrogen-bond acceptors (Lipinski definition) is 3. The summed E-state index contributed by atoms with van der Waals surface area (Å²) < 4.78 is 31.1. The van der Waals surface area contributed by atoms with Crippen molar-refractivity contribution < 1.29 is 13.5 Å². The maximum absolute atomic E-state index is 12.4. The van der Waals surface area contributed by atoms with Crippen molar-refractivity contribution in [1.29, 1.82) is 0 Å². The van der Waals surface area contributed by atoms with Gasteiger partial charge in [0.15, 0.2) is 5.96 Å². The Labute approximate surface area is 174 Å². The molecule has 3 aromatic rings. The fourth-order valence-corrected chi connectivity index (χ4v) is 2.96. The number of aromatic nitrogens is 2. The van der Waals surface area contributed by atoms with E-state index < -0.39 is 6.61 Å². The van der Waals surface area contributed by atoms with Crippen LogP contribution in [0, 0.1) is 0 Å². The molecule has 2 N–H and O–H groups in total. The van der Waals surface area contributed by atoms with E-state index >= 15 is 0 Å². The standard InChI is InChI=1S/C22H25F2N5O/c1-2-25-22(26-14-17-7-5-10-20(13-17)30-21(23)24)27-15-18-8-3-4-9-19(18)16-29-12-6-11-28-29/h3-13,21H,2,14-16H2,1H3,(H2,25,26,27). The largest absolute Gasteiger partial charge is 0.435 e. The number of nitrogens with one attached hydrogen (secondary N) is 2. The maximum atomic E-state index is 12.4. The quantitative estimate of drug-likeness (QED) is 0.414. The van der Waals surface area contributed by atoms with Gasteiger partial charge in [-0.2, -0.15) is 13.9 Å². The number of alkyl halides is 2. The van der Waals surface area contributed by atoms with Crippen LogP contribution in [-0.4, -0.2) is 28.9 Å². The van der Waals surface area contributed by atoms with Crippen LogP contribution in [0.3, 0.4) is 0 Å². The number of aliphatic imine (C=N–C) groups is 1. The highest BCUT2D eigenvalue weighted by Crippen LogP contribution is 2.16. The molecule has 0 fully saturated rings. The summed E-state index contributed by atoms with van der Waals surface area (Å²) in [5.74, 6) is 0.773. The summed E-state index contributed by atoms with van der Waals surface area (Å²) in [5.41, 5.74) is 3.09. The van der Waals surface area contributed by atoms with Crippen LogP contribution >= 0.6 is 0 Å². The van der Waals surface area contributed by atoms with Crippen molar-refractivity contribution in [1.82, 2.24) is 20.4 Å². The summed E-state index contributed by atoms with van der Waals surface area (Å²) in [5, 5.41) is 10.8. The zero-order valence-electron chi connectivity index (χ0n) is 16.8. The van der Waals surface area contributed by atoms with E-state index in [1.807, 2.05) is 42.1 Å². The first-order chi connectivity index (χ1) is 14.6. The molecule has 1 heterocycles. The Morgan fingerprint density at radius 1 is 1.10 bits per heavy atom. The Morgan fingerprint density at radius 3 is 2.67 bits per heavy atom. The van der Waals surface area contributed by atoms with Gasteiger partial charge in [0.1, 0.15) is 5.75 Å². The van der Waals surface area contributed by atoms with Crippen molar-refractivity contribution in [3.05, 3.63) is 83.7 Å². The van der Waals surface area contributed by atoms with Crippen LogP contribution in [0.4, 0.5) is 8.78 Å². The third-order valence-corrected chi connectivity index (χ3v) is 4.34. The third kappa shape index (κ3) is 6.58. The Balaban J connectivity index is 1.65.